The summed E-state index contributed by atoms with van der Waals surface area (Å²) in [5, 5.41) is 0. The molecule has 4 nitrogen and oxygen atoms in total. The number of hydrogen-bond donors (Lipinski definition) is 1. The molecule has 0 aliphatic heterocycles. The molecule has 0 bridgehead atoms. The molecule has 0 aliphatic rings. The van der Waals surface area contributed by atoms with E-state index in [0.717, 1.165) is 0 Å². The van der Waals surface area contributed by atoms with Crippen LogP contribution in [0.2, 0.25) is 0 Å². The Kier molecular flexibility index (Phi) is 24.7. The summed E-state index contributed by atoms with van der Waals surface area (Å²) in [7, 11) is 0. The van der Waals surface area contributed by atoms with Gasteiger partial charge < -0.3 is 12.3 Å². The molecule has 0 amide bonds. The normalized spacial score (nSPS) is 6.00. The fourth-order valence-electron chi connectivity index (χ4n) is 0. The topological polar surface area (TPSA) is 97.9 Å². The molecule has 0 unspecified atom stereocenters. The molecule has 0 rings (SSSR count). The zero-order valence-corrected chi connectivity index (χ0v) is 5.54. The predicted molar refractivity (Wildman–Crippen MR) is 5.83 cm³/mol. The Balaban J connectivity index is -0.0000000450. The quantitative estimate of drug-likeness (QED) is 0.345. The maximum absolute atomic E-state index is 8.68. The minimum absolute atomic E-state index is 0. The van der Waals surface area contributed by atoms with Crippen molar-refractivity contribution in [1.29, 1.82) is 0 Å². The van der Waals surface area contributed by atoms with Crippen LogP contribution in [0.25, 0.3) is 0 Å². The first kappa shape index (κ1) is 15.7. The van der Waals surface area contributed by atoms with Crippen molar-refractivity contribution in [1.82, 2.24) is 0 Å². The second kappa shape index (κ2) is 9.43. The van der Waals surface area contributed by atoms with Crippen LogP contribution >= 0.6 is 0 Å². The Bertz CT molecular complexity index is 12.3. The summed E-state index contributed by atoms with van der Waals surface area (Å²) < 4.78 is 24.5. The Labute approximate surface area is 54.0 Å². The average molecular weight is 257 g/mol. The van der Waals surface area contributed by atoms with Gasteiger partial charge in [0.05, 0.1) is 0 Å². The summed E-state index contributed by atoms with van der Waals surface area (Å²) in [6.07, 6.45) is 0. The number of halogens is 1. The zero-order chi connectivity index (χ0) is 3.58. The van der Waals surface area contributed by atoms with E-state index in [0.29, 0.717) is 0 Å². The van der Waals surface area contributed by atoms with E-state index in [9.17, 15) is 0 Å². The summed E-state index contributed by atoms with van der Waals surface area (Å²) in [4.78, 5) is 0. The Morgan fingerprint density at radius 1 is 1.33 bits per heavy atom. The Morgan fingerprint density at radius 3 is 1.33 bits per heavy atom. The molecule has 0 saturated carbocycles. The minimum Gasteiger partial charge on any atom is -0.412 e. The fraction of sp³-hybridized carbons (Fsp3) is 0. The molecule has 0 saturated heterocycles. The molecule has 6 heavy (non-hydrogen) atoms. The van der Waals surface area contributed by atoms with Crippen molar-refractivity contribution < 1.29 is 53.9 Å². The minimum atomic E-state index is -3.76. The zero-order valence-electron chi connectivity index (χ0n) is 2.44. The van der Waals surface area contributed by atoms with Gasteiger partial charge in [0.25, 0.3) is 0 Å². The molecule has 0 spiro atoms. The molecular weight excluding hydrogens is 254 g/mol. The molecule has 45 valence electrons. The maximum Gasteiger partial charge on any atom is 0.503 e. The van der Waals surface area contributed by atoms with Crippen molar-refractivity contribution in [2.24, 2.45) is 0 Å². The SMILES string of the molecule is O.[Cu].[O-][I+2]([O-])O. The van der Waals surface area contributed by atoms with Gasteiger partial charge in [-0.25, -0.2) is 0 Å². The molecule has 0 heterocycles. The van der Waals surface area contributed by atoms with Gasteiger partial charge in [0, 0.05) is 17.1 Å². The van der Waals surface area contributed by atoms with Crippen LogP contribution in [0.5, 0.6) is 0 Å². The Hall–Kier alpha value is 1.09. The van der Waals surface area contributed by atoms with Gasteiger partial charge in [-0.05, 0) is 3.44 Å². The van der Waals surface area contributed by atoms with E-state index in [-0.39, 0.29) is 22.5 Å². The second-order valence-electron chi connectivity index (χ2n) is 0.201. The largest absolute Gasteiger partial charge is 0.503 e. The molecular formula is H3CuIO4. The standard InChI is InChI=1S/Cu.HIO3.H2O/c;2-1(3)4;/h;2H;1H2. The smallest absolute Gasteiger partial charge is 0.412 e. The van der Waals surface area contributed by atoms with Gasteiger partial charge in [-0.15, -0.1) is 0 Å². The molecule has 1 radical (unpaired) electrons. The van der Waals surface area contributed by atoms with Crippen molar-refractivity contribution in [3.8, 4) is 0 Å². The second-order valence-corrected chi connectivity index (χ2v) is 1.35. The van der Waals surface area contributed by atoms with Crippen molar-refractivity contribution in [2.75, 3.05) is 0 Å². The average Bonchev–Trinajstić information content (AvgIpc) is 0.811. The molecule has 0 aromatic carbocycles. The van der Waals surface area contributed by atoms with Crippen LogP contribution < -0.4 is 27.9 Å². The van der Waals surface area contributed by atoms with Crippen molar-refractivity contribution in [3.63, 3.8) is 0 Å². The summed E-state index contributed by atoms with van der Waals surface area (Å²) in [6, 6.07) is 0. The third kappa shape index (κ3) is 71.7. The fourth-order valence-corrected chi connectivity index (χ4v) is 0. The molecule has 3 N–H and O–H groups in total. The van der Waals surface area contributed by atoms with E-state index < -0.39 is 21.1 Å². The summed E-state index contributed by atoms with van der Waals surface area (Å²) in [5.41, 5.74) is 0. The third-order valence-electron chi connectivity index (χ3n) is 0. The van der Waals surface area contributed by atoms with Crippen molar-refractivity contribution >= 4 is 0 Å². The molecule has 0 atom stereocenters. The van der Waals surface area contributed by atoms with Crippen LogP contribution in [-0.4, -0.2) is 8.91 Å². The van der Waals surface area contributed by atoms with Gasteiger partial charge in [0.2, 0.25) is 0 Å². The van der Waals surface area contributed by atoms with E-state index in [4.69, 9.17) is 10.3 Å². The summed E-state index contributed by atoms with van der Waals surface area (Å²) >= 11 is -3.76. The van der Waals surface area contributed by atoms with E-state index in [1.807, 2.05) is 0 Å². The number of hydrogen-bond acceptors (Lipinski definition) is 3. The first-order valence-electron chi connectivity index (χ1n) is 0.478. The van der Waals surface area contributed by atoms with E-state index in [2.05, 4.69) is 0 Å². The van der Waals surface area contributed by atoms with Gasteiger partial charge in [0.15, 0.2) is 0 Å². The molecule has 6 heteroatoms. The number of rotatable bonds is 0. The van der Waals surface area contributed by atoms with E-state index in [1.165, 1.54) is 0 Å². The van der Waals surface area contributed by atoms with Gasteiger partial charge >= 0.3 is 21.1 Å². The van der Waals surface area contributed by atoms with Crippen LogP contribution in [0, 0.1) is 0 Å². The van der Waals surface area contributed by atoms with Crippen LogP contribution in [-0.2, 0) is 17.1 Å². The predicted octanol–water partition coefficient (Wildman–Crippen LogP) is -6.76. The molecule has 0 aromatic rings. The van der Waals surface area contributed by atoms with Gasteiger partial charge in [-0.3, -0.25) is 0 Å². The summed E-state index contributed by atoms with van der Waals surface area (Å²) in [5.74, 6) is 0. The van der Waals surface area contributed by atoms with E-state index >= 15 is 0 Å². The van der Waals surface area contributed by atoms with Gasteiger partial charge in [-0.1, -0.05) is 0 Å². The van der Waals surface area contributed by atoms with Crippen LogP contribution in [0.1, 0.15) is 0 Å². The molecule has 0 aliphatic carbocycles. The van der Waals surface area contributed by atoms with Crippen molar-refractivity contribution in [3.05, 3.63) is 0 Å². The van der Waals surface area contributed by atoms with E-state index in [1.54, 1.807) is 0 Å². The van der Waals surface area contributed by atoms with Gasteiger partial charge in [0.1, 0.15) is 0 Å². The molecule has 0 aromatic heterocycles. The Morgan fingerprint density at radius 2 is 1.33 bits per heavy atom. The first-order valence-corrected chi connectivity index (χ1v) is 3.20. The maximum atomic E-state index is 8.68. The van der Waals surface area contributed by atoms with Crippen LogP contribution in [0.4, 0.5) is 0 Å². The van der Waals surface area contributed by atoms with Gasteiger partial charge in [-0.2, -0.15) is 0 Å². The first-order chi connectivity index (χ1) is 1.73. The summed E-state index contributed by atoms with van der Waals surface area (Å²) in [6.45, 7) is 0. The molecule has 0 fully saturated rings. The van der Waals surface area contributed by atoms with Crippen LogP contribution in [0.15, 0.2) is 0 Å². The van der Waals surface area contributed by atoms with Crippen molar-refractivity contribution in [2.45, 2.75) is 0 Å². The van der Waals surface area contributed by atoms with Crippen LogP contribution in [0.3, 0.4) is 0 Å². The monoisotopic (exact) mass is 257 g/mol. The third-order valence-corrected chi connectivity index (χ3v) is 0.